The summed E-state index contributed by atoms with van der Waals surface area (Å²) in [5, 5.41) is 17.0. The van der Waals surface area contributed by atoms with Crippen LogP contribution in [0, 0.1) is 22.7 Å². The van der Waals surface area contributed by atoms with Crippen LogP contribution in [0.4, 0.5) is 0 Å². The molecule has 0 spiro atoms. The summed E-state index contributed by atoms with van der Waals surface area (Å²) in [5.41, 5.74) is -0.0445. The molecule has 0 bridgehead atoms. The molecule has 0 N–H and O–H groups in total. The van der Waals surface area contributed by atoms with Crippen molar-refractivity contribution in [3.8, 4) is 12.1 Å². The van der Waals surface area contributed by atoms with Crippen LogP contribution in [0.25, 0.3) is 6.08 Å². The molecule has 1 aromatic rings. The second kappa shape index (κ2) is 4.26. The molecule has 0 aliphatic rings. The van der Waals surface area contributed by atoms with Gasteiger partial charge in [-0.3, -0.25) is 0 Å². The zero-order chi connectivity index (χ0) is 11.5. The van der Waals surface area contributed by atoms with Gasteiger partial charge < -0.3 is 0 Å². The predicted molar refractivity (Wildman–Crippen MR) is 56.6 cm³/mol. The highest BCUT2D eigenvalue weighted by atomic mass is 32.2. The highest BCUT2D eigenvalue weighted by molar-refractivity contribution is 7.92. The van der Waals surface area contributed by atoms with Crippen molar-refractivity contribution in [3.63, 3.8) is 0 Å². The molecule has 1 heterocycles. The molecular weight excluding hydrogens is 232 g/mol. The summed E-state index contributed by atoms with van der Waals surface area (Å²) in [5.74, 6) is 0. The van der Waals surface area contributed by atoms with Crippen LogP contribution in [0.1, 0.15) is 4.88 Å². The number of hydrogen-bond acceptors (Lipinski definition) is 5. The molecule has 6 heteroatoms. The van der Waals surface area contributed by atoms with E-state index in [0.717, 1.165) is 17.6 Å². The van der Waals surface area contributed by atoms with Crippen LogP contribution in [0.3, 0.4) is 0 Å². The lowest BCUT2D eigenvalue weighted by Crippen LogP contribution is -1.91. The first-order valence-corrected chi connectivity index (χ1v) is 6.50. The minimum absolute atomic E-state index is 0.0445. The molecule has 0 amide bonds. The van der Waals surface area contributed by atoms with Gasteiger partial charge in [0, 0.05) is 11.1 Å². The first-order chi connectivity index (χ1) is 6.97. The van der Waals surface area contributed by atoms with Crippen molar-refractivity contribution < 1.29 is 8.42 Å². The van der Waals surface area contributed by atoms with E-state index < -0.39 is 9.84 Å². The molecule has 1 aromatic heterocycles. The lowest BCUT2D eigenvalue weighted by Gasteiger charge is -1.88. The molecule has 4 nitrogen and oxygen atoms in total. The average molecular weight is 238 g/mol. The Kier molecular flexibility index (Phi) is 3.25. The maximum Gasteiger partial charge on any atom is 0.184 e. The van der Waals surface area contributed by atoms with E-state index in [1.165, 1.54) is 12.1 Å². The zero-order valence-electron chi connectivity index (χ0n) is 7.76. The number of allylic oxidation sites excluding steroid dienone is 1. The fraction of sp³-hybridized carbons (Fsp3) is 0.111. The van der Waals surface area contributed by atoms with Crippen molar-refractivity contribution in [2.45, 2.75) is 4.21 Å². The third kappa shape index (κ3) is 2.91. The number of nitriles is 2. The normalized spacial score (nSPS) is 10.1. The Bertz CT molecular complexity index is 566. The van der Waals surface area contributed by atoms with E-state index in [9.17, 15) is 8.42 Å². The van der Waals surface area contributed by atoms with Gasteiger partial charge in [-0.2, -0.15) is 10.5 Å². The molecule has 0 fully saturated rings. The van der Waals surface area contributed by atoms with Crippen LogP contribution in [0.2, 0.25) is 0 Å². The minimum atomic E-state index is -3.21. The highest BCUT2D eigenvalue weighted by Gasteiger charge is 2.09. The lowest BCUT2D eigenvalue weighted by atomic mass is 10.3. The molecule has 0 unspecified atom stereocenters. The molecule has 0 saturated heterocycles. The van der Waals surface area contributed by atoms with Crippen molar-refractivity contribution >= 4 is 27.3 Å². The SMILES string of the molecule is CS(=O)(=O)c1ccc(C=C(C#N)C#N)s1. The van der Waals surface area contributed by atoms with Gasteiger partial charge in [-0.25, -0.2) is 8.42 Å². The maximum absolute atomic E-state index is 11.1. The fourth-order valence-corrected chi connectivity index (χ4v) is 2.73. The van der Waals surface area contributed by atoms with Crippen molar-refractivity contribution in [2.24, 2.45) is 0 Å². The number of sulfone groups is 1. The van der Waals surface area contributed by atoms with Crippen LogP contribution >= 0.6 is 11.3 Å². The standard InChI is InChI=1S/C9H6N2O2S2/c1-15(12,13)9-3-2-8(14-9)4-7(5-10)6-11/h2-4H,1H3. The summed E-state index contributed by atoms with van der Waals surface area (Å²) in [7, 11) is -3.21. The molecule has 0 aromatic carbocycles. The predicted octanol–water partition coefficient (Wildman–Crippen LogP) is 1.58. The van der Waals surface area contributed by atoms with E-state index in [4.69, 9.17) is 10.5 Å². The Morgan fingerprint density at radius 1 is 1.40 bits per heavy atom. The molecule has 1 rings (SSSR count). The van der Waals surface area contributed by atoms with Crippen LogP contribution in [-0.4, -0.2) is 14.7 Å². The average Bonchev–Trinajstić information content (AvgIpc) is 2.61. The number of hydrogen-bond donors (Lipinski definition) is 0. The van der Waals surface area contributed by atoms with Crippen LogP contribution in [0.5, 0.6) is 0 Å². The monoisotopic (exact) mass is 238 g/mol. The second-order valence-corrected chi connectivity index (χ2v) is 6.07. The van der Waals surface area contributed by atoms with Crippen LogP contribution < -0.4 is 0 Å². The van der Waals surface area contributed by atoms with E-state index in [0.29, 0.717) is 4.88 Å². The van der Waals surface area contributed by atoms with E-state index in [1.54, 1.807) is 18.2 Å². The van der Waals surface area contributed by atoms with Gasteiger partial charge in [0.05, 0.1) is 0 Å². The number of nitrogens with zero attached hydrogens (tertiary/aromatic N) is 2. The lowest BCUT2D eigenvalue weighted by molar-refractivity contribution is 0.604. The summed E-state index contributed by atoms with van der Waals surface area (Å²) in [6, 6.07) is 6.43. The van der Waals surface area contributed by atoms with Gasteiger partial charge in [0.1, 0.15) is 21.9 Å². The summed E-state index contributed by atoms with van der Waals surface area (Å²) in [4.78, 5) is 0.577. The molecular formula is C9H6N2O2S2. The Morgan fingerprint density at radius 2 is 2.00 bits per heavy atom. The van der Waals surface area contributed by atoms with Crippen LogP contribution in [-0.2, 0) is 9.84 Å². The number of thiophene rings is 1. The van der Waals surface area contributed by atoms with Gasteiger partial charge in [0.25, 0.3) is 0 Å². The van der Waals surface area contributed by atoms with Crippen molar-refractivity contribution in [2.75, 3.05) is 6.26 Å². The highest BCUT2D eigenvalue weighted by Crippen LogP contribution is 2.23. The molecule has 0 atom stereocenters. The van der Waals surface area contributed by atoms with Gasteiger partial charge in [-0.15, -0.1) is 11.3 Å². The molecule has 15 heavy (non-hydrogen) atoms. The molecule has 76 valence electrons. The van der Waals surface area contributed by atoms with Gasteiger partial charge in [0.15, 0.2) is 9.84 Å². The quantitative estimate of drug-likeness (QED) is 0.732. The number of rotatable bonds is 2. The van der Waals surface area contributed by atoms with Gasteiger partial charge in [0.2, 0.25) is 0 Å². The van der Waals surface area contributed by atoms with Gasteiger partial charge in [-0.05, 0) is 18.2 Å². The van der Waals surface area contributed by atoms with Crippen molar-refractivity contribution in [1.82, 2.24) is 0 Å². The Balaban J connectivity index is 3.14. The van der Waals surface area contributed by atoms with E-state index in [-0.39, 0.29) is 9.78 Å². The summed E-state index contributed by atoms with van der Waals surface area (Å²) >= 11 is 1.03. The minimum Gasteiger partial charge on any atom is -0.223 e. The third-order valence-corrected chi connectivity index (χ3v) is 4.35. The Hall–Kier alpha value is -1.63. The van der Waals surface area contributed by atoms with Crippen molar-refractivity contribution in [3.05, 3.63) is 22.6 Å². The van der Waals surface area contributed by atoms with E-state index in [2.05, 4.69) is 0 Å². The molecule has 0 aliphatic carbocycles. The summed E-state index contributed by atoms with van der Waals surface area (Å²) in [6.45, 7) is 0. The fourth-order valence-electron chi connectivity index (χ4n) is 0.843. The summed E-state index contributed by atoms with van der Waals surface area (Å²) in [6.07, 6.45) is 2.47. The molecule has 0 radical (unpaired) electrons. The summed E-state index contributed by atoms with van der Waals surface area (Å²) < 4.78 is 22.5. The first kappa shape index (κ1) is 11.4. The van der Waals surface area contributed by atoms with Gasteiger partial charge in [-0.1, -0.05) is 0 Å². The molecule has 0 aliphatic heterocycles. The third-order valence-electron chi connectivity index (χ3n) is 1.50. The topological polar surface area (TPSA) is 81.7 Å². The maximum atomic E-state index is 11.1. The van der Waals surface area contributed by atoms with E-state index >= 15 is 0 Å². The smallest absolute Gasteiger partial charge is 0.184 e. The van der Waals surface area contributed by atoms with Crippen LogP contribution in [0.15, 0.2) is 21.9 Å². The Labute approximate surface area is 91.6 Å². The van der Waals surface area contributed by atoms with Crippen molar-refractivity contribution in [1.29, 1.82) is 10.5 Å². The van der Waals surface area contributed by atoms with E-state index in [1.807, 2.05) is 0 Å². The largest absolute Gasteiger partial charge is 0.223 e. The first-order valence-electron chi connectivity index (χ1n) is 3.79. The van der Waals surface area contributed by atoms with Gasteiger partial charge >= 0.3 is 0 Å². The molecule has 0 saturated carbocycles. The zero-order valence-corrected chi connectivity index (χ0v) is 9.39. The Morgan fingerprint density at radius 3 is 2.40 bits per heavy atom. The second-order valence-electron chi connectivity index (χ2n) is 2.71.